The largest absolute Gasteiger partial charge is 0.488 e. The van der Waals surface area contributed by atoms with E-state index in [0.29, 0.717) is 36.4 Å². The number of carboxylic acids is 2. The summed E-state index contributed by atoms with van der Waals surface area (Å²) in [4.78, 5) is 33.3. The zero-order chi connectivity index (χ0) is 25.0. The first kappa shape index (κ1) is 28.2. The van der Waals surface area contributed by atoms with Crippen LogP contribution in [-0.4, -0.2) is 85.8 Å². The van der Waals surface area contributed by atoms with Crippen LogP contribution in [0.3, 0.4) is 0 Å². The molecule has 1 amide bonds. The van der Waals surface area contributed by atoms with Gasteiger partial charge < -0.3 is 41.1 Å². The van der Waals surface area contributed by atoms with Gasteiger partial charge in [-0.2, -0.15) is 0 Å². The summed E-state index contributed by atoms with van der Waals surface area (Å²) in [7, 11) is 0. The van der Waals surface area contributed by atoms with Crippen molar-refractivity contribution >= 4 is 18.0 Å². The van der Waals surface area contributed by atoms with Crippen LogP contribution in [0.2, 0.25) is 0 Å². The van der Waals surface area contributed by atoms with Gasteiger partial charge in [0.25, 0.3) is 0 Å². The summed E-state index contributed by atoms with van der Waals surface area (Å²) >= 11 is 0. The number of hydrogen-bond acceptors (Lipinski definition) is 8. The van der Waals surface area contributed by atoms with Gasteiger partial charge in [-0.05, 0) is 44.2 Å². The smallest absolute Gasteiger partial charge is 0.409 e. The third-order valence-electron chi connectivity index (χ3n) is 6.46. The van der Waals surface area contributed by atoms with Gasteiger partial charge in [-0.15, -0.1) is 0 Å². The standard InChI is InChI=1S/C18H23FN2O3.C4H6O6.H2O/c19-15-7-8-16(24-18(20)22)14-9-13(10-23-17(14)15)21(11-3-1-4-11)12-5-2-6-12;5-1(3(7)8)2(6)4(9)10;/h7-8,11-13H,1-6,9-10H2,(H2,20,22);1-2,5-6H,(H,7,8)(H,9,10);1H2. The van der Waals surface area contributed by atoms with E-state index in [9.17, 15) is 18.8 Å². The fourth-order valence-corrected chi connectivity index (χ4v) is 4.33. The quantitative estimate of drug-likeness (QED) is 0.338. The van der Waals surface area contributed by atoms with Crippen LogP contribution in [0.15, 0.2) is 12.1 Å². The fraction of sp³-hybridized carbons (Fsp3) is 0.591. The number of nitrogens with two attached hydrogens (primary N) is 1. The van der Waals surface area contributed by atoms with E-state index in [-0.39, 0.29) is 17.3 Å². The average molecular weight is 502 g/mol. The number of carbonyl (C=O) groups excluding carboxylic acids is 1. The summed E-state index contributed by atoms with van der Waals surface area (Å²) in [6, 6.07) is 4.14. The molecule has 2 fully saturated rings. The Morgan fingerprint density at radius 3 is 1.91 bits per heavy atom. The van der Waals surface area contributed by atoms with Crippen LogP contribution < -0.4 is 15.2 Å². The predicted octanol–water partition coefficient (Wildman–Crippen LogP) is 0.0464. The van der Waals surface area contributed by atoms with Gasteiger partial charge in [0, 0.05) is 23.7 Å². The molecule has 3 unspecified atom stereocenters. The number of rotatable bonds is 7. The van der Waals surface area contributed by atoms with Crippen molar-refractivity contribution in [1.82, 2.24) is 4.90 Å². The molecule has 4 rings (SSSR count). The second-order valence-electron chi connectivity index (χ2n) is 8.63. The topological polar surface area (TPSA) is 211 Å². The van der Waals surface area contributed by atoms with Crippen molar-refractivity contribution in [3.63, 3.8) is 0 Å². The zero-order valence-corrected chi connectivity index (χ0v) is 18.9. The molecule has 2 aliphatic carbocycles. The highest BCUT2D eigenvalue weighted by atomic mass is 19.1. The fourth-order valence-electron chi connectivity index (χ4n) is 4.33. The van der Waals surface area contributed by atoms with Crippen molar-refractivity contribution in [1.29, 1.82) is 0 Å². The van der Waals surface area contributed by atoms with E-state index in [1.165, 1.54) is 50.7 Å². The molecule has 35 heavy (non-hydrogen) atoms. The lowest BCUT2D eigenvalue weighted by atomic mass is 9.82. The molecule has 1 aliphatic heterocycles. The first-order valence-electron chi connectivity index (χ1n) is 11.1. The molecule has 3 aliphatic rings. The van der Waals surface area contributed by atoms with Crippen LogP contribution in [0.4, 0.5) is 9.18 Å². The zero-order valence-electron chi connectivity index (χ0n) is 18.9. The molecule has 0 bridgehead atoms. The molecule has 12 nitrogen and oxygen atoms in total. The van der Waals surface area contributed by atoms with Crippen molar-refractivity contribution < 1.29 is 54.2 Å². The number of ether oxygens (including phenoxy) is 2. The SMILES string of the molecule is NC(=O)Oc1ccc(F)c2c1CC(N(C1CCC1)C1CCC1)CO2.O.O=C(O)C(O)C(O)C(=O)O. The molecule has 1 heterocycles. The number of amides is 1. The van der Waals surface area contributed by atoms with Crippen LogP contribution in [0, 0.1) is 5.82 Å². The first-order valence-corrected chi connectivity index (χ1v) is 11.1. The maximum absolute atomic E-state index is 14.1. The third-order valence-corrected chi connectivity index (χ3v) is 6.46. The molecule has 1 aromatic rings. The van der Waals surface area contributed by atoms with Gasteiger partial charge in [0.15, 0.2) is 23.8 Å². The lowest BCUT2D eigenvalue weighted by molar-refractivity contribution is -0.165. The van der Waals surface area contributed by atoms with E-state index in [1.54, 1.807) is 0 Å². The lowest BCUT2D eigenvalue weighted by Gasteiger charge is -2.50. The van der Waals surface area contributed by atoms with E-state index in [0.717, 1.165) is 0 Å². The van der Waals surface area contributed by atoms with E-state index < -0.39 is 36.1 Å². The number of benzene rings is 1. The van der Waals surface area contributed by atoms with Gasteiger partial charge in [0.1, 0.15) is 12.4 Å². The highest BCUT2D eigenvalue weighted by Gasteiger charge is 2.40. The minimum absolute atomic E-state index is 0. The van der Waals surface area contributed by atoms with Crippen LogP contribution in [-0.2, 0) is 16.0 Å². The van der Waals surface area contributed by atoms with Gasteiger partial charge in [-0.1, -0.05) is 12.8 Å². The lowest BCUT2D eigenvalue weighted by Crippen LogP contribution is -2.57. The number of fused-ring (bicyclic) bond motifs is 1. The van der Waals surface area contributed by atoms with Crippen molar-refractivity contribution in [2.24, 2.45) is 5.73 Å². The Morgan fingerprint density at radius 2 is 1.51 bits per heavy atom. The first-order chi connectivity index (χ1) is 16.1. The van der Waals surface area contributed by atoms with Gasteiger partial charge >= 0.3 is 18.0 Å². The highest BCUT2D eigenvalue weighted by Crippen LogP contribution is 2.41. The van der Waals surface area contributed by atoms with Crippen molar-refractivity contribution in [3.8, 4) is 11.5 Å². The molecule has 0 spiro atoms. The molecule has 13 heteroatoms. The third kappa shape index (κ3) is 6.57. The molecule has 196 valence electrons. The van der Waals surface area contributed by atoms with Gasteiger partial charge in [-0.25, -0.2) is 18.8 Å². The molecule has 3 atom stereocenters. The van der Waals surface area contributed by atoms with Gasteiger partial charge in [0.2, 0.25) is 0 Å². The Morgan fingerprint density at radius 1 is 1.00 bits per heavy atom. The number of primary amides is 1. The maximum atomic E-state index is 14.1. The average Bonchev–Trinajstić information content (AvgIpc) is 2.71. The summed E-state index contributed by atoms with van der Waals surface area (Å²) in [5.74, 6) is -3.44. The van der Waals surface area contributed by atoms with E-state index in [1.807, 2.05) is 0 Å². The Kier molecular flexibility index (Phi) is 9.77. The van der Waals surface area contributed by atoms with Crippen molar-refractivity contribution in [3.05, 3.63) is 23.5 Å². The summed E-state index contributed by atoms with van der Waals surface area (Å²) in [5.41, 5.74) is 5.76. The Balaban J connectivity index is 0.000000338. The Hall–Kier alpha value is -3.00. The molecule has 1 aromatic carbocycles. The minimum atomic E-state index is -2.27. The molecule has 0 aromatic heterocycles. The minimum Gasteiger partial charge on any atom is -0.488 e. The molecule has 0 radical (unpaired) electrons. The second-order valence-corrected chi connectivity index (χ2v) is 8.63. The summed E-state index contributed by atoms with van der Waals surface area (Å²) < 4.78 is 24.9. The number of halogens is 1. The molecular formula is C22H31FN2O10. The Labute approximate surface area is 200 Å². The number of carboxylic acid groups (broad SMARTS) is 2. The van der Waals surface area contributed by atoms with Crippen LogP contribution in [0.25, 0.3) is 0 Å². The van der Waals surface area contributed by atoms with Gasteiger partial charge in [-0.3, -0.25) is 4.90 Å². The van der Waals surface area contributed by atoms with E-state index in [2.05, 4.69) is 4.90 Å². The summed E-state index contributed by atoms with van der Waals surface area (Å²) in [6.07, 6.45) is 2.69. The number of aliphatic carboxylic acids is 2. The number of hydrogen-bond donors (Lipinski definition) is 5. The van der Waals surface area contributed by atoms with Crippen LogP contribution >= 0.6 is 0 Å². The second kappa shape index (κ2) is 12.1. The Bertz CT molecular complexity index is 890. The van der Waals surface area contributed by atoms with Gasteiger partial charge in [0.05, 0.1) is 0 Å². The predicted molar refractivity (Wildman–Crippen MR) is 118 cm³/mol. The van der Waals surface area contributed by atoms with Crippen molar-refractivity contribution in [2.45, 2.75) is 75.3 Å². The van der Waals surface area contributed by atoms with Crippen LogP contribution in [0.1, 0.15) is 44.1 Å². The molecule has 0 saturated heterocycles. The van der Waals surface area contributed by atoms with Crippen molar-refractivity contribution in [2.75, 3.05) is 6.61 Å². The maximum Gasteiger partial charge on any atom is 0.409 e. The number of aliphatic hydroxyl groups excluding tert-OH is 2. The number of carbonyl (C=O) groups is 3. The monoisotopic (exact) mass is 502 g/mol. The van der Waals surface area contributed by atoms with Crippen LogP contribution in [0.5, 0.6) is 11.5 Å². The highest BCUT2D eigenvalue weighted by molar-refractivity contribution is 5.83. The molecule has 8 N–H and O–H groups in total. The summed E-state index contributed by atoms with van der Waals surface area (Å²) in [5, 5.41) is 32.5. The molecular weight excluding hydrogens is 471 g/mol. The summed E-state index contributed by atoms with van der Waals surface area (Å²) in [6.45, 7) is 0.483. The normalized spacial score (nSPS) is 20.9. The van der Waals surface area contributed by atoms with E-state index in [4.69, 9.17) is 35.6 Å². The molecule has 2 saturated carbocycles. The van der Waals surface area contributed by atoms with E-state index >= 15 is 0 Å². The number of nitrogens with zero attached hydrogens (tertiary/aromatic N) is 1. The number of aliphatic hydroxyl groups is 2.